The lowest BCUT2D eigenvalue weighted by Gasteiger charge is -2.18. The molecule has 1 N–H and O–H groups in total. The first-order valence-corrected chi connectivity index (χ1v) is 7.51. The van der Waals surface area contributed by atoms with Gasteiger partial charge in [0, 0.05) is 12.1 Å². The Kier molecular flexibility index (Phi) is 2.82. The minimum absolute atomic E-state index is 0.369. The molecule has 0 amide bonds. The van der Waals surface area contributed by atoms with Crippen LogP contribution in [-0.2, 0) is 4.74 Å². The van der Waals surface area contributed by atoms with E-state index in [0.717, 1.165) is 18.7 Å². The lowest BCUT2D eigenvalue weighted by Crippen LogP contribution is -2.32. The maximum atomic E-state index is 5.67. The minimum Gasteiger partial charge on any atom is -0.379 e. The number of rotatable bonds is 3. The van der Waals surface area contributed by atoms with Crippen molar-refractivity contribution in [3.8, 4) is 0 Å². The van der Waals surface area contributed by atoms with Crippen LogP contribution in [0.3, 0.4) is 0 Å². The number of benzene rings is 1. The lowest BCUT2D eigenvalue weighted by molar-refractivity contribution is 0.187. The standard InChI is InChI=1S/C16H21N3O/c1-10-3-6-15-13(7-10)18-16(19(15)11-4-5-11)12-8-20-9-14(12)17-2/h3,6-7,11-12,14,17H,4-5,8-9H2,1-2H3. The van der Waals surface area contributed by atoms with Crippen LogP contribution >= 0.6 is 0 Å². The summed E-state index contributed by atoms with van der Waals surface area (Å²) in [5, 5.41) is 3.38. The van der Waals surface area contributed by atoms with Crippen LogP contribution in [0.1, 0.15) is 36.2 Å². The number of hydrogen-bond acceptors (Lipinski definition) is 3. The molecular formula is C16H21N3O. The molecule has 2 atom stereocenters. The molecule has 2 aliphatic rings. The topological polar surface area (TPSA) is 39.1 Å². The number of aryl methyl sites for hydroxylation is 1. The minimum atomic E-state index is 0.369. The summed E-state index contributed by atoms with van der Waals surface area (Å²) in [6.07, 6.45) is 2.56. The van der Waals surface area contributed by atoms with Crippen LogP contribution in [0.5, 0.6) is 0 Å². The smallest absolute Gasteiger partial charge is 0.117 e. The number of imidazole rings is 1. The van der Waals surface area contributed by atoms with Gasteiger partial charge in [-0.2, -0.15) is 0 Å². The van der Waals surface area contributed by atoms with E-state index < -0.39 is 0 Å². The molecular weight excluding hydrogens is 250 g/mol. The number of nitrogens with zero attached hydrogens (tertiary/aromatic N) is 2. The van der Waals surface area contributed by atoms with E-state index in [1.165, 1.54) is 29.7 Å². The fourth-order valence-electron chi connectivity index (χ4n) is 3.30. The molecule has 0 radical (unpaired) electrons. The molecule has 1 aromatic carbocycles. The maximum absolute atomic E-state index is 5.67. The van der Waals surface area contributed by atoms with Gasteiger partial charge < -0.3 is 14.6 Å². The van der Waals surface area contributed by atoms with Gasteiger partial charge in [0.15, 0.2) is 0 Å². The van der Waals surface area contributed by atoms with Crippen LogP contribution in [0.2, 0.25) is 0 Å². The zero-order valence-electron chi connectivity index (χ0n) is 12.1. The zero-order valence-corrected chi connectivity index (χ0v) is 12.1. The Morgan fingerprint density at radius 3 is 2.90 bits per heavy atom. The van der Waals surface area contributed by atoms with Crippen molar-refractivity contribution in [1.82, 2.24) is 14.9 Å². The molecule has 2 heterocycles. The van der Waals surface area contributed by atoms with Gasteiger partial charge in [0.05, 0.1) is 30.2 Å². The van der Waals surface area contributed by atoms with Crippen molar-refractivity contribution in [3.63, 3.8) is 0 Å². The predicted molar refractivity (Wildman–Crippen MR) is 79.1 cm³/mol. The van der Waals surface area contributed by atoms with Crippen LogP contribution < -0.4 is 5.32 Å². The van der Waals surface area contributed by atoms with Crippen molar-refractivity contribution in [2.45, 2.75) is 37.8 Å². The van der Waals surface area contributed by atoms with Gasteiger partial charge in [0.25, 0.3) is 0 Å². The fourth-order valence-corrected chi connectivity index (χ4v) is 3.30. The van der Waals surface area contributed by atoms with Crippen LogP contribution in [0, 0.1) is 6.92 Å². The summed E-state index contributed by atoms with van der Waals surface area (Å²) >= 11 is 0. The molecule has 4 heteroatoms. The number of hydrogen-bond donors (Lipinski definition) is 1. The number of fused-ring (bicyclic) bond motifs is 1. The van der Waals surface area contributed by atoms with E-state index in [2.05, 4.69) is 35.0 Å². The Morgan fingerprint density at radius 2 is 2.15 bits per heavy atom. The maximum Gasteiger partial charge on any atom is 0.117 e. The van der Waals surface area contributed by atoms with Gasteiger partial charge in [-0.3, -0.25) is 0 Å². The van der Waals surface area contributed by atoms with Gasteiger partial charge in [0.2, 0.25) is 0 Å². The van der Waals surface area contributed by atoms with Crippen molar-refractivity contribution in [1.29, 1.82) is 0 Å². The molecule has 20 heavy (non-hydrogen) atoms. The second-order valence-electron chi connectivity index (χ2n) is 6.10. The van der Waals surface area contributed by atoms with Gasteiger partial charge in [-0.1, -0.05) is 6.07 Å². The molecule has 2 unspecified atom stereocenters. The summed E-state index contributed by atoms with van der Waals surface area (Å²) in [5.41, 5.74) is 3.70. The second-order valence-corrected chi connectivity index (χ2v) is 6.10. The Labute approximate surface area is 119 Å². The number of likely N-dealkylation sites (N-methyl/N-ethyl adjacent to an activating group) is 1. The van der Waals surface area contributed by atoms with Crippen LogP contribution in [-0.4, -0.2) is 35.9 Å². The SMILES string of the molecule is CNC1COCC1c1nc2cc(C)ccc2n1C1CC1. The molecule has 4 nitrogen and oxygen atoms in total. The number of ether oxygens (including phenoxy) is 1. The van der Waals surface area contributed by atoms with E-state index in [1.807, 2.05) is 7.05 Å². The van der Waals surface area contributed by atoms with E-state index in [0.29, 0.717) is 18.0 Å². The molecule has 1 aliphatic carbocycles. The molecule has 1 saturated heterocycles. The Morgan fingerprint density at radius 1 is 1.30 bits per heavy atom. The van der Waals surface area contributed by atoms with Crippen molar-refractivity contribution in [3.05, 3.63) is 29.6 Å². The zero-order chi connectivity index (χ0) is 13.7. The van der Waals surface area contributed by atoms with Crippen LogP contribution in [0.25, 0.3) is 11.0 Å². The van der Waals surface area contributed by atoms with Crippen molar-refractivity contribution < 1.29 is 4.74 Å². The third-order valence-electron chi connectivity index (χ3n) is 4.57. The molecule has 1 aromatic heterocycles. The van der Waals surface area contributed by atoms with Gasteiger partial charge in [-0.25, -0.2) is 4.98 Å². The van der Waals surface area contributed by atoms with Gasteiger partial charge in [0.1, 0.15) is 5.82 Å². The summed E-state index contributed by atoms with van der Waals surface area (Å²) < 4.78 is 8.14. The summed E-state index contributed by atoms with van der Waals surface area (Å²) in [6.45, 7) is 3.69. The van der Waals surface area contributed by atoms with Crippen molar-refractivity contribution in [2.75, 3.05) is 20.3 Å². The van der Waals surface area contributed by atoms with Crippen LogP contribution in [0.4, 0.5) is 0 Å². The molecule has 106 valence electrons. The highest BCUT2D eigenvalue weighted by Crippen LogP contribution is 2.41. The molecule has 0 bridgehead atoms. The van der Waals surface area contributed by atoms with Crippen molar-refractivity contribution in [2.24, 2.45) is 0 Å². The second kappa shape index (κ2) is 4.57. The van der Waals surface area contributed by atoms with Crippen molar-refractivity contribution >= 4 is 11.0 Å². The molecule has 0 spiro atoms. The summed E-state index contributed by atoms with van der Waals surface area (Å²) in [7, 11) is 2.01. The van der Waals surface area contributed by atoms with Gasteiger partial charge >= 0.3 is 0 Å². The summed E-state index contributed by atoms with van der Waals surface area (Å²) in [4.78, 5) is 4.96. The molecule has 2 fully saturated rings. The predicted octanol–water partition coefficient (Wildman–Crippen LogP) is 2.38. The van der Waals surface area contributed by atoms with Gasteiger partial charge in [-0.05, 0) is 44.5 Å². The third-order valence-corrected chi connectivity index (χ3v) is 4.57. The Hall–Kier alpha value is -1.39. The quantitative estimate of drug-likeness (QED) is 0.931. The Bertz CT molecular complexity index is 644. The largest absolute Gasteiger partial charge is 0.379 e. The van der Waals surface area contributed by atoms with E-state index >= 15 is 0 Å². The lowest BCUT2D eigenvalue weighted by atomic mass is 10.0. The highest BCUT2D eigenvalue weighted by atomic mass is 16.5. The average molecular weight is 271 g/mol. The molecule has 2 aromatic rings. The molecule has 1 aliphatic heterocycles. The highest BCUT2D eigenvalue weighted by Gasteiger charge is 2.36. The number of aromatic nitrogens is 2. The first-order valence-electron chi connectivity index (χ1n) is 7.51. The summed E-state index contributed by atoms with van der Waals surface area (Å²) in [5.74, 6) is 1.58. The first-order chi connectivity index (χ1) is 9.78. The fraction of sp³-hybridized carbons (Fsp3) is 0.562. The van der Waals surface area contributed by atoms with E-state index in [9.17, 15) is 0 Å². The van der Waals surface area contributed by atoms with Crippen LogP contribution in [0.15, 0.2) is 18.2 Å². The van der Waals surface area contributed by atoms with E-state index in [1.54, 1.807) is 0 Å². The molecule has 1 saturated carbocycles. The first kappa shape index (κ1) is 12.4. The highest BCUT2D eigenvalue weighted by molar-refractivity contribution is 5.77. The summed E-state index contributed by atoms with van der Waals surface area (Å²) in [6, 6.07) is 7.64. The molecule has 4 rings (SSSR count). The van der Waals surface area contributed by atoms with Gasteiger partial charge in [-0.15, -0.1) is 0 Å². The normalized spacial score (nSPS) is 26.5. The number of nitrogens with one attached hydrogen (secondary N) is 1. The third kappa shape index (κ3) is 1.86. The Balaban J connectivity index is 1.87. The van der Waals surface area contributed by atoms with E-state index in [4.69, 9.17) is 9.72 Å². The monoisotopic (exact) mass is 271 g/mol. The average Bonchev–Trinajstić information content (AvgIpc) is 3.05. The van der Waals surface area contributed by atoms with E-state index in [-0.39, 0.29) is 0 Å².